The number of halogens is 1. The minimum absolute atomic E-state index is 0.0306. The number of benzene rings is 1. The maximum absolute atomic E-state index is 14.7. The summed E-state index contributed by atoms with van der Waals surface area (Å²) in [5.41, 5.74) is 7.49. The number of hydrogen-bond donors (Lipinski definition) is 1. The van der Waals surface area contributed by atoms with Crippen LogP contribution in [-0.4, -0.2) is 59.1 Å². The van der Waals surface area contributed by atoms with Gasteiger partial charge in [0.1, 0.15) is 5.82 Å². The highest BCUT2D eigenvalue weighted by Crippen LogP contribution is 2.24. The molecule has 1 saturated heterocycles. The molecule has 1 aromatic heterocycles. The Hall–Kier alpha value is -2.38. The van der Waals surface area contributed by atoms with Crippen LogP contribution in [0.3, 0.4) is 0 Å². The first kappa shape index (κ1) is 18.4. The van der Waals surface area contributed by atoms with E-state index in [0.29, 0.717) is 18.3 Å². The van der Waals surface area contributed by atoms with Gasteiger partial charge in [-0.05, 0) is 37.1 Å². The van der Waals surface area contributed by atoms with E-state index in [-0.39, 0.29) is 17.0 Å². The van der Waals surface area contributed by atoms with Crippen molar-refractivity contribution in [3.63, 3.8) is 0 Å². The molecule has 0 bridgehead atoms. The number of carbonyl (C=O) groups is 1. The van der Waals surface area contributed by atoms with Crippen LogP contribution in [0.25, 0.3) is 11.3 Å². The summed E-state index contributed by atoms with van der Waals surface area (Å²) in [6.07, 6.45) is 1.98. The summed E-state index contributed by atoms with van der Waals surface area (Å²) in [6.45, 7) is 2.61. The van der Waals surface area contributed by atoms with Crippen molar-refractivity contribution in [2.24, 2.45) is 5.73 Å². The second kappa shape index (κ2) is 7.88. The van der Waals surface area contributed by atoms with Gasteiger partial charge >= 0.3 is 0 Å². The van der Waals surface area contributed by atoms with Gasteiger partial charge in [0.15, 0.2) is 0 Å². The molecule has 26 heavy (non-hydrogen) atoms. The van der Waals surface area contributed by atoms with Crippen LogP contribution >= 0.6 is 0 Å². The van der Waals surface area contributed by atoms with Gasteiger partial charge in [0, 0.05) is 45.3 Å². The van der Waals surface area contributed by atoms with Gasteiger partial charge < -0.3 is 10.6 Å². The minimum atomic E-state index is -0.571. The third kappa shape index (κ3) is 4.05. The number of carbonyl (C=O) groups excluding carboxylic acids is 1. The summed E-state index contributed by atoms with van der Waals surface area (Å²) in [5.74, 6) is -0.949. The fourth-order valence-electron chi connectivity index (χ4n) is 3.06. The second-order valence-corrected chi connectivity index (χ2v) is 6.89. The van der Waals surface area contributed by atoms with Crippen molar-refractivity contribution in [3.8, 4) is 11.3 Å². The summed E-state index contributed by atoms with van der Waals surface area (Å²) in [4.78, 5) is 15.7. The van der Waals surface area contributed by atoms with E-state index in [2.05, 4.69) is 15.1 Å². The van der Waals surface area contributed by atoms with E-state index in [9.17, 15) is 9.18 Å². The predicted molar refractivity (Wildman–Crippen MR) is 97.9 cm³/mol. The Morgan fingerprint density at radius 3 is 2.58 bits per heavy atom. The van der Waals surface area contributed by atoms with Gasteiger partial charge in [0.2, 0.25) is 0 Å². The number of likely N-dealkylation sites (tertiary alicyclic amines) is 1. The Labute approximate surface area is 152 Å². The molecule has 1 aliphatic rings. The lowest BCUT2D eigenvalue weighted by atomic mass is 10.1. The zero-order valence-corrected chi connectivity index (χ0v) is 15.2. The smallest absolute Gasteiger partial charge is 0.256 e. The predicted octanol–water partition coefficient (Wildman–Crippen LogP) is 1.91. The molecule has 2 aromatic rings. The summed E-state index contributed by atoms with van der Waals surface area (Å²) in [6, 6.07) is 8.64. The summed E-state index contributed by atoms with van der Waals surface area (Å²) >= 11 is 0. The first-order valence-corrected chi connectivity index (χ1v) is 8.77. The number of piperidine rings is 1. The van der Waals surface area contributed by atoms with Gasteiger partial charge in [-0.25, -0.2) is 4.39 Å². The monoisotopic (exact) mass is 357 g/mol. The molecule has 1 aliphatic heterocycles. The second-order valence-electron chi connectivity index (χ2n) is 6.89. The SMILES string of the molecule is CN(C)C(=O)c1cccc(-c2ccc(CN3CCC(N)CC3)nn2)c1F. The van der Waals surface area contributed by atoms with Gasteiger partial charge in [-0.2, -0.15) is 10.2 Å². The zero-order valence-electron chi connectivity index (χ0n) is 15.2. The molecule has 0 spiro atoms. The maximum atomic E-state index is 14.7. The van der Waals surface area contributed by atoms with Crippen LogP contribution in [0.2, 0.25) is 0 Å². The molecule has 0 radical (unpaired) electrons. The van der Waals surface area contributed by atoms with Crippen LogP contribution in [0.4, 0.5) is 4.39 Å². The van der Waals surface area contributed by atoms with Crippen molar-refractivity contribution in [2.45, 2.75) is 25.4 Å². The lowest BCUT2D eigenvalue weighted by Gasteiger charge is -2.29. The maximum Gasteiger partial charge on any atom is 0.256 e. The third-order valence-electron chi connectivity index (χ3n) is 4.65. The molecule has 0 aliphatic carbocycles. The molecule has 0 atom stereocenters. The zero-order chi connectivity index (χ0) is 18.7. The van der Waals surface area contributed by atoms with E-state index in [1.807, 2.05) is 6.07 Å². The number of nitrogens with zero attached hydrogens (tertiary/aromatic N) is 4. The number of rotatable bonds is 4. The van der Waals surface area contributed by atoms with Gasteiger partial charge in [0.25, 0.3) is 5.91 Å². The topological polar surface area (TPSA) is 75.4 Å². The number of hydrogen-bond acceptors (Lipinski definition) is 5. The highest BCUT2D eigenvalue weighted by atomic mass is 19.1. The summed E-state index contributed by atoms with van der Waals surface area (Å²) in [5, 5.41) is 8.40. The molecule has 6 nitrogen and oxygen atoms in total. The molecule has 0 saturated carbocycles. The average molecular weight is 357 g/mol. The summed E-state index contributed by atoms with van der Waals surface area (Å²) < 4.78 is 14.7. The minimum Gasteiger partial charge on any atom is -0.345 e. The highest BCUT2D eigenvalue weighted by Gasteiger charge is 2.19. The standard InChI is InChI=1S/C19H24FN5O/c1-24(2)19(26)16-5-3-4-15(18(16)20)17-7-6-14(22-23-17)12-25-10-8-13(21)9-11-25/h3-7,13H,8-12,21H2,1-2H3. The molecule has 2 N–H and O–H groups in total. The lowest BCUT2D eigenvalue weighted by Crippen LogP contribution is -2.39. The summed E-state index contributed by atoms with van der Waals surface area (Å²) in [7, 11) is 3.19. The molecule has 1 aromatic carbocycles. The molecule has 3 rings (SSSR count). The van der Waals surface area contributed by atoms with E-state index in [1.54, 1.807) is 32.3 Å². The Kier molecular flexibility index (Phi) is 5.58. The van der Waals surface area contributed by atoms with Crippen molar-refractivity contribution >= 4 is 5.91 Å². The normalized spacial score (nSPS) is 15.8. The molecule has 1 fully saturated rings. The van der Waals surface area contributed by atoms with Crippen LogP contribution < -0.4 is 5.73 Å². The molecule has 2 heterocycles. The van der Waals surface area contributed by atoms with E-state index >= 15 is 0 Å². The number of nitrogens with two attached hydrogens (primary N) is 1. The fourth-order valence-corrected chi connectivity index (χ4v) is 3.06. The third-order valence-corrected chi connectivity index (χ3v) is 4.65. The Morgan fingerprint density at radius 2 is 1.96 bits per heavy atom. The van der Waals surface area contributed by atoms with E-state index in [1.165, 1.54) is 11.0 Å². The van der Waals surface area contributed by atoms with Crippen molar-refractivity contribution in [1.82, 2.24) is 20.0 Å². The van der Waals surface area contributed by atoms with E-state index < -0.39 is 5.82 Å². The molecular formula is C19H24FN5O. The quantitative estimate of drug-likeness (QED) is 0.905. The van der Waals surface area contributed by atoms with Crippen molar-refractivity contribution in [2.75, 3.05) is 27.2 Å². The van der Waals surface area contributed by atoms with Gasteiger partial charge in [-0.1, -0.05) is 6.07 Å². The Balaban J connectivity index is 1.76. The molecule has 1 amide bonds. The van der Waals surface area contributed by atoms with Crippen molar-refractivity contribution in [1.29, 1.82) is 0 Å². The van der Waals surface area contributed by atoms with Crippen molar-refractivity contribution in [3.05, 3.63) is 47.4 Å². The largest absolute Gasteiger partial charge is 0.345 e. The van der Waals surface area contributed by atoms with Crippen LogP contribution in [0.5, 0.6) is 0 Å². The molecule has 7 heteroatoms. The highest BCUT2D eigenvalue weighted by molar-refractivity contribution is 5.95. The molecule has 0 unspecified atom stereocenters. The number of amides is 1. The van der Waals surface area contributed by atoms with Gasteiger partial charge in [0.05, 0.1) is 17.0 Å². The van der Waals surface area contributed by atoms with E-state index in [4.69, 9.17) is 5.73 Å². The van der Waals surface area contributed by atoms with Crippen molar-refractivity contribution < 1.29 is 9.18 Å². The Bertz CT molecular complexity index is 770. The fraction of sp³-hybridized carbons (Fsp3) is 0.421. The Morgan fingerprint density at radius 1 is 1.23 bits per heavy atom. The van der Waals surface area contributed by atoms with Crippen LogP contribution in [0.15, 0.2) is 30.3 Å². The molecule has 138 valence electrons. The van der Waals surface area contributed by atoms with E-state index in [0.717, 1.165) is 31.6 Å². The first-order chi connectivity index (χ1) is 12.5. The van der Waals surface area contributed by atoms with Gasteiger partial charge in [-0.15, -0.1) is 0 Å². The lowest BCUT2D eigenvalue weighted by molar-refractivity contribution is 0.0823. The first-order valence-electron chi connectivity index (χ1n) is 8.77. The van der Waals surface area contributed by atoms with Gasteiger partial charge in [-0.3, -0.25) is 9.69 Å². The van der Waals surface area contributed by atoms with Crippen LogP contribution in [-0.2, 0) is 6.54 Å². The average Bonchev–Trinajstić information content (AvgIpc) is 2.64. The molecular weight excluding hydrogens is 333 g/mol. The number of aromatic nitrogens is 2. The van der Waals surface area contributed by atoms with Crippen LogP contribution in [0, 0.1) is 5.82 Å². The van der Waals surface area contributed by atoms with Crippen LogP contribution in [0.1, 0.15) is 28.9 Å².